The van der Waals surface area contributed by atoms with Crippen LogP contribution in [0, 0.1) is 0 Å². The molecule has 23 heavy (non-hydrogen) atoms. The highest BCUT2D eigenvalue weighted by Crippen LogP contribution is 2.23. The maximum Gasteiger partial charge on any atom is 0.329 e. The number of hydrogen-bond donors (Lipinski definition) is 1. The van der Waals surface area contributed by atoms with Crippen LogP contribution in [0.15, 0.2) is 68.6 Å². The summed E-state index contributed by atoms with van der Waals surface area (Å²) in [6.45, 7) is 0.311. The Bertz CT molecular complexity index is 1100. The number of nitrogens with zero attached hydrogens (tertiary/aromatic N) is 1. The van der Waals surface area contributed by atoms with Crippen LogP contribution in [-0.2, 0) is 13.0 Å². The van der Waals surface area contributed by atoms with Gasteiger partial charge in [-0.05, 0) is 24.1 Å². The van der Waals surface area contributed by atoms with Gasteiger partial charge in [-0.25, -0.2) is 4.79 Å². The molecule has 5 nitrogen and oxygen atoms in total. The number of H-pyrrole nitrogens is 1. The molecule has 0 aliphatic carbocycles. The summed E-state index contributed by atoms with van der Waals surface area (Å²) >= 11 is 0. The van der Waals surface area contributed by atoms with E-state index in [1.807, 2.05) is 48.5 Å². The van der Waals surface area contributed by atoms with E-state index in [1.165, 1.54) is 4.57 Å². The van der Waals surface area contributed by atoms with E-state index in [4.69, 9.17) is 4.42 Å². The smallest absolute Gasteiger partial charge is 0.329 e. The number of rotatable bonds is 3. The predicted molar refractivity (Wildman–Crippen MR) is 88.7 cm³/mol. The zero-order chi connectivity index (χ0) is 15.8. The monoisotopic (exact) mass is 306 g/mol. The molecule has 0 aliphatic rings. The minimum Gasteiger partial charge on any atom is -0.449 e. The van der Waals surface area contributed by atoms with Crippen molar-refractivity contribution < 1.29 is 4.42 Å². The average molecular weight is 306 g/mol. The Morgan fingerprint density at radius 1 is 0.957 bits per heavy atom. The summed E-state index contributed by atoms with van der Waals surface area (Å²) in [5, 5.41) is 0.743. The van der Waals surface area contributed by atoms with E-state index in [0.717, 1.165) is 10.9 Å². The highest BCUT2D eigenvalue weighted by molar-refractivity contribution is 6.01. The lowest BCUT2D eigenvalue weighted by molar-refractivity contribution is 0.604. The molecule has 0 aliphatic heterocycles. The van der Waals surface area contributed by atoms with E-state index >= 15 is 0 Å². The lowest BCUT2D eigenvalue weighted by Gasteiger charge is -2.04. The van der Waals surface area contributed by atoms with Gasteiger partial charge in [0.1, 0.15) is 11.1 Å². The van der Waals surface area contributed by atoms with Gasteiger partial charge in [-0.15, -0.1) is 0 Å². The predicted octanol–water partition coefficient (Wildman–Crippen LogP) is 2.68. The van der Waals surface area contributed by atoms with E-state index in [1.54, 1.807) is 6.07 Å². The second-order valence-corrected chi connectivity index (χ2v) is 5.42. The number of hydrogen-bond acceptors (Lipinski definition) is 3. The van der Waals surface area contributed by atoms with Crippen molar-refractivity contribution in [2.75, 3.05) is 0 Å². The maximum atomic E-state index is 12.6. The molecule has 4 rings (SSSR count). The summed E-state index contributed by atoms with van der Waals surface area (Å²) in [6.07, 6.45) is 0.607. The van der Waals surface area contributed by atoms with Crippen molar-refractivity contribution in [2.24, 2.45) is 0 Å². The van der Waals surface area contributed by atoms with Crippen molar-refractivity contribution in [1.82, 2.24) is 9.55 Å². The van der Waals surface area contributed by atoms with Gasteiger partial charge in [0.15, 0.2) is 0 Å². The zero-order valence-corrected chi connectivity index (χ0v) is 12.3. The minimum absolute atomic E-state index is 0.193. The van der Waals surface area contributed by atoms with Crippen LogP contribution < -0.4 is 11.2 Å². The largest absolute Gasteiger partial charge is 0.449 e. The van der Waals surface area contributed by atoms with Crippen molar-refractivity contribution in [1.29, 1.82) is 0 Å². The second kappa shape index (κ2) is 5.28. The van der Waals surface area contributed by atoms with E-state index in [0.29, 0.717) is 24.1 Å². The Morgan fingerprint density at radius 2 is 1.70 bits per heavy atom. The third-order valence-corrected chi connectivity index (χ3v) is 3.98. The first-order valence-electron chi connectivity index (χ1n) is 7.42. The minimum atomic E-state index is -0.412. The van der Waals surface area contributed by atoms with Gasteiger partial charge >= 0.3 is 5.69 Å². The zero-order valence-electron chi connectivity index (χ0n) is 12.3. The number of fused-ring (bicyclic) bond motifs is 3. The first kappa shape index (κ1) is 13.6. The van der Waals surface area contributed by atoms with Crippen LogP contribution >= 0.6 is 0 Å². The van der Waals surface area contributed by atoms with Gasteiger partial charge < -0.3 is 9.40 Å². The molecule has 0 saturated heterocycles. The van der Waals surface area contributed by atoms with Crippen molar-refractivity contribution in [3.8, 4) is 0 Å². The average Bonchev–Trinajstić information content (AvgIpc) is 2.95. The van der Waals surface area contributed by atoms with Crippen LogP contribution in [0.2, 0.25) is 0 Å². The van der Waals surface area contributed by atoms with Crippen LogP contribution in [0.3, 0.4) is 0 Å². The van der Waals surface area contributed by atoms with Gasteiger partial charge in [0, 0.05) is 11.9 Å². The molecule has 114 valence electrons. The lowest BCUT2D eigenvalue weighted by Crippen LogP contribution is -2.35. The molecular weight excluding hydrogens is 292 g/mol. The fourth-order valence-electron chi connectivity index (χ4n) is 2.80. The highest BCUT2D eigenvalue weighted by Gasteiger charge is 2.14. The molecule has 1 N–H and O–H groups in total. The first-order chi connectivity index (χ1) is 11.2. The van der Waals surface area contributed by atoms with Crippen molar-refractivity contribution in [3.63, 3.8) is 0 Å². The van der Waals surface area contributed by atoms with Gasteiger partial charge in [-0.3, -0.25) is 9.36 Å². The number of aromatic nitrogens is 2. The van der Waals surface area contributed by atoms with Crippen molar-refractivity contribution in [2.45, 2.75) is 13.0 Å². The second-order valence-electron chi connectivity index (χ2n) is 5.42. The molecule has 0 spiro atoms. The molecule has 0 fully saturated rings. The standard InChI is InChI=1S/C18H14N2O3/c21-17-16-15(13-8-4-5-9-14(13)23-16)19-18(22)20(17)11-10-12-6-2-1-3-7-12/h1-9H,10-11H2,(H,19,22). The van der Waals surface area contributed by atoms with Crippen LogP contribution in [0.4, 0.5) is 0 Å². The molecule has 2 heterocycles. The van der Waals surface area contributed by atoms with E-state index < -0.39 is 11.2 Å². The Hall–Kier alpha value is -3.08. The Kier molecular flexibility index (Phi) is 3.12. The number of aromatic amines is 1. The van der Waals surface area contributed by atoms with E-state index in [9.17, 15) is 9.59 Å². The van der Waals surface area contributed by atoms with Gasteiger partial charge in [-0.2, -0.15) is 0 Å². The molecule has 0 radical (unpaired) electrons. The van der Waals surface area contributed by atoms with E-state index in [-0.39, 0.29) is 5.58 Å². The number of aryl methyl sites for hydroxylation is 1. The van der Waals surface area contributed by atoms with Gasteiger partial charge in [0.2, 0.25) is 5.58 Å². The SMILES string of the molecule is O=c1[nH]c2c(oc3ccccc32)c(=O)n1CCc1ccccc1. The molecule has 4 aromatic rings. The summed E-state index contributed by atoms with van der Waals surface area (Å²) in [7, 11) is 0. The molecule has 0 atom stereocenters. The van der Waals surface area contributed by atoms with Crippen LogP contribution in [-0.4, -0.2) is 9.55 Å². The molecule has 0 saturated carbocycles. The summed E-state index contributed by atoms with van der Waals surface area (Å²) in [5.74, 6) is 0. The summed E-state index contributed by atoms with van der Waals surface area (Å²) in [5.41, 5.74) is 1.52. The number of para-hydroxylation sites is 1. The summed E-state index contributed by atoms with van der Waals surface area (Å²) in [6, 6.07) is 17.0. The van der Waals surface area contributed by atoms with Gasteiger partial charge in [0.05, 0.1) is 0 Å². The maximum absolute atomic E-state index is 12.6. The number of nitrogens with one attached hydrogen (secondary N) is 1. The Morgan fingerprint density at radius 3 is 2.52 bits per heavy atom. The molecule has 2 aromatic carbocycles. The molecule has 0 bridgehead atoms. The molecule has 5 heteroatoms. The van der Waals surface area contributed by atoms with Crippen LogP contribution in [0.5, 0.6) is 0 Å². The number of furan rings is 1. The number of benzene rings is 2. The van der Waals surface area contributed by atoms with E-state index in [2.05, 4.69) is 4.98 Å². The molecule has 0 amide bonds. The fourth-order valence-corrected chi connectivity index (χ4v) is 2.80. The topological polar surface area (TPSA) is 68.0 Å². The van der Waals surface area contributed by atoms with Crippen molar-refractivity contribution in [3.05, 3.63) is 81.0 Å². The van der Waals surface area contributed by atoms with Crippen molar-refractivity contribution >= 4 is 22.1 Å². The van der Waals surface area contributed by atoms with Crippen LogP contribution in [0.25, 0.3) is 22.1 Å². The first-order valence-corrected chi connectivity index (χ1v) is 7.42. The highest BCUT2D eigenvalue weighted by atomic mass is 16.3. The van der Waals surface area contributed by atoms with Gasteiger partial charge in [0.25, 0.3) is 5.56 Å². The Labute approximate surface area is 130 Å². The molecule has 0 unspecified atom stereocenters. The summed E-state index contributed by atoms with van der Waals surface area (Å²) in [4.78, 5) is 27.6. The normalized spacial score (nSPS) is 11.3. The third kappa shape index (κ3) is 2.26. The fraction of sp³-hybridized carbons (Fsp3) is 0.111. The summed E-state index contributed by atoms with van der Waals surface area (Å²) < 4.78 is 6.82. The Balaban J connectivity index is 1.83. The molecular formula is C18H14N2O3. The van der Waals surface area contributed by atoms with Crippen LogP contribution in [0.1, 0.15) is 5.56 Å². The third-order valence-electron chi connectivity index (χ3n) is 3.98. The quantitative estimate of drug-likeness (QED) is 0.633. The molecule has 2 aromatic heterocycles. The van der Waals surface area contributed by atoms with Gasteiger partial charge in [-0.1, -0.05) is 42.5 Å². The lowest BCUT2D eigenvalue weighted by atomic mass is 10.1.